The lowest BCUT2D eigenvalue weighted by Crippen LogP contribution is -2.31. The van der Waals surface area contributed by atoms with Crippen LogP contribution in [0.5, 0.6) is 0 Å². The molecule has 1 aliphatic heterocycles. The van der Waals surface area contributed by atoms with Gasteiger partial charge in [0.15, 0.2) is 11.0 Å². The van der Waals surface area contributed by atoms with E-state index < -0.39 is 0 Å². The minimum atomic E-state index is -0.236. The van der Waals surface area contributed by atoms with Gasteiger partial charge in [-0.25, -0.2) is 0 Å². The zero-order valence-electron chi connectivity index (χ0n) is 14.0. The molecule has 3 aromatic rings. The smallest absolute Gasteiger partial charge is 0.261 e. The van der Waals surface area contributed by atoms with Gasteiger partial charge in [-0.05, 0) is 24.3 Å². The summed E-state index contributed by atoms with van der Waals surface area (Å²) in [5.41, 5.74) is 1.83. The minimum absolute atomic E-state index is 0.236. The molecule has 4 rings (SSSR count). The fourth-order valence-electron chi connectivity index (χ4n) is 2.86. The molecule has 130 valence electrons. The maximum atomic E-state index is 12.4. The summed E-state index contributed by atoms with van der Waals surface area (Å²) in [6.07, 6.45) is 3.44. The van der Waals surface area contributed by atoms with Gasteiger partial charge in [-0.3, -0.25) is 19.5 Å². The van der Waals surface area contributed by atoms with Crippen LogP contribution in [0.1, 0.15) is 20.7 Å². The molecule has 1 aromatic carbocycles. The first kappa shape index (κ1) is 16.5. The standard InChI is InChI=1S/C18H15N5O2S/c1-22-15(12-5-4-8-19-11-12)20-21-18(22)26-10-9-23-16(24)13-6-2-3-7-14(13)17(23)25/h2-8,11H,9-10H2,1H3. The van der Waals surface area contributed by atoms with Crippen molar-refractivity contribution >= 4 is 23.6 Å². The lowest BCUT2D eigenvalue weighted by atomic mass is 10.1. The molecule has 0 aliphatic carbocycles. The van der Waals surface area contributed by atoms with Crippen molar-refractivity contribution in [2.45, 2.75) is 5.16 Å². The summed E-state index contributed by atoms with van der Waals surface area (Å²) in [6.45, 7) is 0.325. The first-order valence-electron chi connectivity index (χ1n) is 8.04. The predicted molar refractivity (Wildman–Crippen MR) is 96.8 cm³/mol. The van der Waals surface area contributed by atoms with Gasteiger partial charge in [-0.2, -0.15) is 0 Å². The maximum absolute atomic E-state index is 12.4. The van der Waals surface area contributed by atoms with Gasteiger partial charge in [0, 0.05) is 37.3 Å². The molecule has 0 saturated heterocycles. The first-order valence-corrected chi connectivity index (χ1v) is 9.03. The Morgan fingerprint density at radius 3 is 2.38 bits per heavy atom. The molecule has 0 fully saturated rings. The van der Waals surface area contributed by atoms with Crippen LogP contribution in [0.25, 0.3) is 11.4 Å². The third-order valence-electron chi connectivity index (χ3n) is 4.18. The average molecular weight is 365 g/mol. The molecule has 0 saturated carbocycles. The van der Waals surface area contributed by atoms with Gasteiger partial charge in [0.25, 0.3) is 11.8 Å². The Morgan fingerprint density at radius 1 is 1.00 bits per heavy atom. The van der Waals surface area contributed by atoms with Crippen LogP contribution in [0, 0.1) is 0 Å². The lowest BCUT2D eigenvalue weighted by Gasteiger charge is -2.13. The van der Waals surface area contributed by atoms with E-state index in [1.807, 2.05) is 23.7 Å². The highest BCUT2D eigenvalue weighted by molar-refractivity contribution is 7.99. The van der Waals surface area contributed by atoms with Crippen LogP contribution in [0.3, 0.4) is 0 Å². The largest absolute Gasteiger partial charge is 0.305 e. The van der Waals surface area contributed by atoms with Crippen molar-refractivity contribution in [3.63, 3.8) is 0 Å². The molecule has 0 unspecified atom stereocenters. The van der Waals surface area contributed by atoms with Gasteiger partial charge in [0.05, 0.1) is 11.1 Å². The van der Waals surface area contributed by atoms with Crippen molar-refractivity contribution in [2.24, 2.45) is 7.05 Å². The van der Waals surface area contributed by atoms with Crippen LogP contribution >= 0.6 is 11.8 Å². The van der Waals surface area contributed by atoms with Crippen LogP contribution in [-0.4, -0.2) is 48.8 Å². The Kier molecular flexibility index (Phi) is 4.26. The van der Waals surface area contributed by atoms with Gasteiger partial charge >= 0.3 is 0 Å². The van der Waals surface area contributed by atoms with E-state index in [0.29, 0.717) is 23.4 Å². The monoisotopic (exact) mass is 365 g/mol. The Morgan fingerprint density at radius 2 is 1.73 bits per heavy atom. The number of carbonyl (C=O) groups excluding carboxylic acids is 2. The van der Waals surface area contributed by atoms with Crippen LogP contribution in [0.2, 0.25) is 0 Å². The third-order valence-corrected chi connectivity index (χ3v) is 5.18. The number of hydrogen-bond acceptors (Lipinski definition) is 6. The fraction of sp³-hybridized carbons (Fsp3) is 0.167. The van der Waals surface area contributed by atoms with Gasteiger partial charge < -0.3 is 4.57 Å². The molecule has 1 aliphatic rings. The van der Waals surface area contributed by atoms with E-state index in [-0.39, 0.29) is 11.8 Å². The number of nitrogens with zero attached hydrogens (tertiary/aromatic N) is 5. The van der Waals surface area contributed by atoms with E-state index in [0.717, 1.165) is 16.5 Å². The summed E-state index contributed by atoms with van der Waals surface area (Å²) in [4.78, 5) is 30.1. The van der Waals surface area contributed by atoms with E-state index in [4.69, 9.17) is 0 Å². The Labute approximate surface area is 154 Å². The highest BCUT2D eigenvalue weighted by atomic mass is 32.2. The molecular weight excluding hydrogens is 350 g/mol. The Hall–Kier alpha value is -3.00. The third kappa shape index (κ3) is 2.78. The van der Waals surface area contributed by atoms with Crippen molar-refractivity contribution < 1.29 is 9.59 Å². The normalized spacial score (nSPS) is 13.3. The van der Waals surface area contributed by atoms with Crippen LogP contribution in [0.4, 0.5) is 0 Å². The molecule has 0 bridgehead atoms. The number of rotatable bonds is 5. The second-order valence-corrected chi connectivity index (χ2v) is 6.82. The zero-order chi connectivity index (χ0) is 18.1. The quantitative estimate of drug-likeness (QED) is 0.510. The SMILES string of the molecule is Cn1c(SCCN2C(=O)c3ccccc3C2=O)nnc1-c1cccnc1. The van der Waals surface area contributed by atoms with E-state index in [9.17, 15) is 9.59 Å². The second-order valence-electron chi connectivity index (χ2n) is 5.76. The van der Waals surface area contributed by atoms with E-state index in [1.165, 1.54) is 16.7 Å². The molecular formula is C18H15N5O2S. The molecule has 3 heterocycles. The van der Waals surface area contributed by atoms with Crippen molar-refractivity contribution in [1.82, 2.24) is 24.6 Å². The van der Waals surface area contributed by atoms with Gasteiger partial charge in [-0.1, -0.05) is 23.9 Å². The summed E-state index contributed by atoms with van der Waals surface area (Å²) < 4.78 is 1.88. The fourth-order valence-corrected chi connectivity index (χ4v) is 3.69. The first-order chi connectivity index (χ1) is 12.7. The highest BCUT2D eigenvalue weighted by Gasteiger charge is 2.34. The molecule has 0 radical (unpaired) electrons. The Balaban J connectivity index is 1.43. The molecule has 0 N–H and O–H groups in total. The van der Waals surface area contributed by atoms with Crippen LogP contribution < -0.4 is 0 Å². The number of pyridine rings is 1. The highest BCUT2D eigenvalue weighted by Crippen LogP contribution is 2.25. The lowest BCUT2D eigenvalue weighted by molar-refractivity contribution is 0.0664. The van der Waals surface area contributed by atoms with Crippen molar-refractivity contribution in [3.8, 4) is 11.4 Å². The average Bonchev–Trinajstić information content (AvgIpc) is 3.16. The number of thioether (sulfide) groups is 1. The summed E-state index contributed by atoms with van der Waals surface area (Å²) in [7, 11) is 1.88. The molecule has 2 amide bonds. The van der Waals surface area contributed by atoms with Crippen molar-refractivity contribution in [2.75, 3.05) is 12.3 Å². The van der Waals surface area contributed by atoms with Gasteiger partial charge in [-0.15, -0.1) is 10.2 Å². The minimum Gasteiger partial charge on any atom is -0.305 e. The number of carbonyl (C=O) groups is 2. The topological polar surface area (TPSA) is 81.0 Å². The summed E-state index contributed by atoms with van der Waals surface area (Å²) >= 11 is 1.46. The van der Waals surface area contributed by atoms with Crippen LogP contribution in [-0.2, 0) is 7.05 Å². The molecule has 26 heavy (non-hydrogen) atoms. The molecule has 2 aromatic heterocycles. The summed E-state index contributed by atoms with van der Waals surface area (Å²) in [5, 5.41) is 9.12. The molecule has 0 atom stereocenters. The number of benzene rings is 1. The number of hydrogen-bond donors (Lipinski definition) is 0. The van der Waals surface area contributed by atoms with E-state index in [1.54, 1.807) is 36.7 Å². The Bertz CT molecular complexity index is 951. The summed E-state index contributed by atoms with van der Waals surface area (Å²) in [6, 6.07) is 10.7. The predicted octanol–water partition coefficient (Wildman–Crippen LogP) is 2.27. The van der Waals surface area contributed by atoms with Gasteiger partial charge in [0.1, 0.15) is 0 Å². The number of aromatic nitrogens is 4. The molecule has 8 heteroatoms. The van der Waals surface area contributed by atoms with Gasteiger partial charge in [0.2, 0.25) is 0 Å². The van der Waals surface area contributed by atoms with E-state index in [2.05, 4.69) is 15.2 Å². The van der Waals surface area contributed by atoms with E-state index >= 15 is 0 Å². The second kappa shape index (κ2) is 6.72. The van der Waals surface area contributed by atoms with Crippen molar-refractivity contribution in [3.05, 3.63) is 59.9 Å². The number of amides is 2. The maximum Gasteiger partial charge on any atom is 0.261 e. The molecule has 7 nitrogen and oxygen atoms in total. The summed E-state index contributed by atoms with van der Waals surface area (Å²) in [5.74, 6) is 0.798. The van der Waals surface area contributed by atoms with Crippen molar-refractivity contribution in [1.29, 1.82) is 0 Å². The number of imide groups is 1. The zero-order valence-corrected chi connectivity index (χ0v) is 14.8. The number of fused-ring (bicyclic) bond motifs is 1. The van der Waals surface area contributed by atoms with Crippen LogP contribution in [0.15, 0.2) is 53.9 Å². The molecule has 0 spiro atoms.